The summed E-state index contributed by atoms with van der Waals surface area (Å²) < 4.78 is 34.6. The highest BCUT2D eigenvalue weighted by molar-refractivity contribution is 7.89. The third kappa shape index (κ3) is 8.04. The molecule has 220 valence electrons. The fourth-order valence-electron chi connectivity index (χ4n) is 4.99. The minimum Gasteiger partial charge on any atom is -0.394 e. The summed E-state index contributed by atoms with van der Waals surface area (Å²) in [5.41, 5.74) is 5.60. The Balaban J connectivity index is 0.00000441. The third-order valence-corrected chi connectivity index (χ3v) is 8.59. The molecule has 0 radical (unpaired) electrons. The van der Waals surface area contributed by atoms with Gasteiger partial charge in [0.15, 0.2) is 5.96 Å². The fourth-order valence-corrected chi connectivity index (χ4v) is 6.21. The summed E-state index contributed by atoms with van der Waals surface area (Å²) in [4.78, 5) is 29.6. The van der Waals surface area contributed by atoms with Gasteiger partial charge in [-0.05, 0) is 41.7 Å². The Morgan fingerprint density at radius 1 is 1.12 bits per heavy atom. The van der Waals surface area contributed by atoms with Crippen LogP contribution in [0.25, 0.3) is 10.8 Å². The zero-order valence-electron chi connectivity index (χ0n) is 22.1. The number of nitrogens with two attached hydrogens (primary N) is 1. The maximum absolute atomic E-state index is 13.5. The quantitative estimate of drug-likeness (QED) is 0.202. The van der Waals surface area contributed by atoms with Crippen LogP contribution in [0.2, 0.25) is 0 Å². The number of ether oxygens (including phenoxy) is 1. The van der Waals surface area contributed by atoms with Crippen molar-refractivity contribution < 1.29 is 27.9 Å². The van der Waals surface area contributed by atoms with Crippen molar-refractivity contribution >= 4 is 51.0 Å². The summed E-state index contributed by atoms with van der Waals surface area (Å²) in [6.45, 7) is 1.79. The number of piperidine rings is 1. The average molecular weight is 597 g/mol. The lowest BCUT2D eigenvalue weighted by molar-refractivity contribution is -0.143. The number of likely N-dealkylation sites (tertiary alicyclic amines) is 1. The smallest absolute Gasteiger partial charge is 0.241 e. The van der Waals surface area contributed by atoms with Crippen molar-refractivity contribution in [2.75, 3.05) is 45.9 Å². The first-order chi connectivity index (χ1) is 18.7. The van der Waals surface area contributed by atoms with Crippen LogP contribution in [0.1, 0.15) is 19.3 Å². The van der Waals surface area contributed by atoms with Crippen LogP contribution < -0.4 is 15.8 Å². The molecule has 12 nitrogen and oxygen atoms in total. The molecule has 0 aliphatic carbocycles. The van der Waals surface area contributed by atoms with Crippen LogP contribution in [0.3, 0.4) is 0 Å². The standard InChI is InChI=1S/C26H36N6O6S.ClH/c27-26(28)32-9-3-4-18(15-32)14-29-24(34)13-23(25(35)31-10-11-38-21(16-31)17-33)30-39(36,37)22-8-7-19-5-1-2-6-20(19)12-22;/h1-2,5-8,12,18,21,23,30,33H,3-4,9-11,13-17H2,(H3,27,28)(H,29,34);1H. The van der Waals surface area contributed by atoms with Crippen molar-refractivity contribution in [1.82, 2.24) is 19.8 Å². The summed E-state index contributed by atoms with van der Waals surface area (Å²) >= 11 is 0. The molecule has 2 aliphatic rings. The molecule has 2 heterocycles. The number of aliphatic hydroxyl groups excluding tert-OH is 1. The van der Waals surface area contributed by atoms with Gasteiger partial charge in [0.25, 0.3) is 0 Å². The number of fused-ring (bicyclic) bond motifs is 1. The van der Waals surface area contributed by atoms with E-state index in [-0.39, 0.29) is 55.5 Å². The maximum Gasteiger partial charge on any atom is 0.241 e. The van der Waals surface area contributed by atoms with Crippen LogP contribution >= 0.6 is 12.4 Å². The molecule has 4 rings (SSSR count). The van der Waals surface area contributed by atoms with Gasteiger partial charge in [-0.1, -0.05) is 30.3 Å². The van der Waals surface area contributed by atoms with Crippen LogP contribution in [0.15, 0.2) is 47.4 Å². The van der Waals surface area contributed by atoms with Gasteiger partial charge in [0.05, 0.1) is 30.6 Å². The molecule has 0 aromatic heterocycles. The Morgan fingerprint density at radius 2 is 1.88 bits per heavy atom. The fraction of sp³-hybridized carbons (Fsp3) is 0.500. The molecule has 0 saturated carbocycles. The summed E-state index contributed by atoms with van der Waals surface area (Å²) in [6.07, 6.45) is 0.730. The lowest BCUT2D eigenvalue weighted by Gasteiger charge is -2.34. The van der Waals surface area contributed by atoms with Gasteiger partial charge in [0.1, 0.15) is 6.04 Å². The van der Waals surface area contributed by atoms with Crippen molar-refractivity contribution in [3.63, 3.8) is 0 Å². The van der Waals surface area contributed by atoms with Gasteiger partial charge in [0.2, 0.25) is 21.8 Å². The number of benzene rings is 2. The van der Waals surface area contributed by atoms with E-state index in [1.165, 1.54) is 17.0 Å². The Bertz CT molecular complexity index is 1310. The predicted octanol–water partition coefficient (Wildman–Crippen LogP) is 0.240. The van der Waals surface area contributed by atoms with E-state index in [4.69, 9.17) is 15.9 Å². The number of guanidine groups is 1. The average Bonchev–Trinajstić information content (AvgIpc) is 2.95. The van der Waals surface area contributed by atoms with E-state index in [1.807, 2.05) is 12.1 Å². The molecule has 14 heteroatoms. The van der Waals surface area contributed by atoms with Crippen LogP contribution in [-0.2, 0) is 24.3 Å². The molecule has 2 amide bonds. The molecule has 2 aromatic carbocycles. The molecule has 2 aliphatic heterocycles. The van der Waals surface area contributed by atoms with Gasteiger partial charge < -0.3 is 30.7 Å². The van der Waals surface area contributed by atoms with E-state index in [2.05, 4.69) is 10.0 Å². The molecule has 40 heavy (non-hydrogen) atoms. The van der Waals surface area contributed by atoms with Crippen LogP contribution in [0.5, 0.6) is 0 Å². The van der Waals surface area contributed by atoms with Gasteiger partial charge in [-0.15, -0.1) is 12.4 Å². The van der Waals surface area contributed by atoms with Crippen molar-refractivity contribution in [2.24, 2.45) is 11.7 Å². The Morgan fingerprint density at radius 3 is 2.60 bits per heavy atom. The Kier molecular flexibility index (Phi) is 11.1. The second kappa shape index (κ2) is 14.1. The number of carbonyl (C=O) groups excluding carboxylic acids is 2. The van der Waals surface area contributed by atoms with Crippen LogP contribution in [-0.4, -0.2) is 99.2 Å². The largest absolute Gasteiger partial charge is 0.394 e. The number of carbonyl (C=O) groups is 2. The number of sulfonamides is 1. The molecule has 3 unspecified atom stereocenters. The van der Waals surface area contributed by atoms with Crippen molar-refractivity contribution in [3.05, 3.63) is 42.5 Å². The summed E-state index contributed by atoms with van der Waals surface area (Å²) in [5.74, 6) is -0.954. The van der Waals surface area contributed by atoms with E-state index in [0.29, 0.717) is 19.6 Å². The van der Waals surface area contributed by atoms with Crippen LogP contribution in [0.4, 0.5) is 0 Å². The van der Waals surface area contributed by atoms with Gasteiger partial charge in [0, 0.05) is 32.7 Å². The van der Waals surface area contributed by atoms with Gasteiger partial charge in [-0.2, -0.15) is 4.72 Å². The van der Waals surface area contributed by atoms with E-state index in [0.717, 1.165) is 23.6 Å². The summed E-state index contributed by atoms with van der Waals surface area (Å²) in [5, 5.41) is 21.5. The minimum absolute atomic E-state index is 0. The SMILES string of the molecule is Cl.N=C(N)N1CCCC(CNC(=O)CC(NS(=O)(=O)c2ccc3ccccc3c2)C(=O)N2CCOC(CO)C2)C1. The number of amides is 2. The molecular weight excluding hydrogens is 560 g/mol. The topological polar surface area (TPSA) is 178 Å². The third-order valence-electron chi connectivity index (χ3n) is 7.12. The van der Waals surface area contributed by atoms with Gasteiger partial charge in [-0.3, -0.25) is 15.0 Å². The second-order valence-electron chi connectivity index (χ2n) is 9.99. The van der Waals surface area contributed by atoms with E-state index < -0.39 is 40.4 Å². The van der Waals surface area contributed by atoms with Crippen LogP contribution in [0, 0.1) is 11.3 Å². The summed E-state index contributed by atoms with van der Waals surface area (Å²) in [7, 11) is -4.15. The van der Waals surface area contributed by atoms with Gasteiger partial charge >= 0.3 is 0 Å². The molecule has 0 spiro atoms. The lowest BCUT2D eigenvalue weighted by atomic mass is 9.98. The van der Waals surface area contributed by atoms with E-state index >= 15 is 0 Å². The number of halogens is 1. The maximum atomic E-state index is 13.5. The highest BCUT2D eigenvalue weighted by Gasteiger charge is 2.34. The number of aliphatic hydroxyl groups is 1. The molecule has 2 saturated heterocycles. The Hall–Kier alpha value is -2.97. The number of nitrogens with zero attached hydrogens (tertiary/aromatic N) is 2. The first kappa shape index (κ1) is 31.6. The van der Waals surface area contributed by atoms with Gasteiger partial charge in [-0.25, -0.2) is 8.42 Å². The number of hydrogen-bond donors (Lipinski definition) is 5. The molecular formula is C26H37ClN6O6S. The first-order valence-electron chi connectivity index (χ1n) is 13.0. The zero-order valence-corrected chi connectivity index (χ0v) is 23.8. The van der Waals surface area contributed by atoms with Crippen molar-refractivity contribution in [3.8, 4) is 0 Å². The normalized spacial score (nSPS) is 20.4. The van der Waals surface area contributed by atoms with E-state index in [9.17, 15) is 23.1 Å². The minimum atomic E-state index is -4.15. The number of rotatable bonds is 9. The van der Waals surface area contributed by atoms with E-state index in [1.54, 1.807) is 23.1 Å². The molecule has 6 N–H and O–H groups in total. The molecule has 2 fully saturated rings. The summed E-state index contributed by atoms with van der Waals surface area (Å²) in [6, 6.07) is 10.7. The predicted molar refractivity (Wildman–Crippen MR) is 153 cm³/mol. The molecule has 3 atom stereocenters. The number of hydrogen-bond acceptors (Lipinski definition) is 7. The number of morpholine rings is 1. The monoisotopic (exact) mass is 596 g/mol. The first-order valence-corrected chi connectivity index (χ1v) is 14.5. The zero-order chi connectivity index (χ0) is 28.0. The Labute approximate surface area is 240 Å². The number of nitrogens with one attached hydrogen (secondary N) is 3. The highest BCUT2D eigenvalue weighted by Crippen LogP contribution is 2.20. The van der Waals surface area contributed by atoms with Crippen molar-refractivity contribution in [1.29, 1.82) is 5.41 Å². The molecule has 2 aromatic rings. The lowest BCUT2D eigenvalue weighted by Crippen LogP contribution is -2.55. The second-order valence-corrected chi connectivity index (χ2v) is 11.7. The van der Waals surface area contributed by atoms with Crippen molar-refractivity contribution in [2.45, 2.75) is 36.3 Å². The highest BCUT2D eigenvalue weighted by atomic mass is 35.5. The molecule has 0 bridgehead atoms.